The van der Waals surface area contributed by atoms with Crippen LogP contribution in [0.2, 0.25) is 0 Å². The number of benzene rings is 9. The van der Waals surface area contributed by atoms with Crippen LogP contribution in [0, 0.1) is 11.3 Å². The Kier molecular flexibility index (Phi) is 5.56. The summed E-state index contributed by atoms with van der Waals surface area (Å²) < 4.78 is 0. The van der Waals surface area contributed by atoms with Gasteiger partial charge in [0.25, 0.3) is 0 Å². The molecular weight excluding hydrogens is 639 g/mol. The van der Waals surface area contributed by atoms with Crippen LogP contribution in [0.4, 0.5) is 0 Å². The summed E-state index contributed by atoms with van der Waals surface area (Å²) in [4.78, 5) is 0. The first-order valence-corrected chi connectivity index (χ1v) is 18.3. The zero-order chi connectivity index (χ0) is 34.8. The van der Waals surface area contributed by atoms with Crippen LogP contribution in [-0.4, -0.2) is 0 Å². The maximum absolute atomic E-state index is 10.1. The number of nitrogens with zero attached hydrogens (tertiary/aromatic N) is 1. The van der Waals surface area contributed by atoms with E-state index in [0.717, 1.165) is 21.9 Å². The molecule has 12 rings (SSSR count). The van der Waals surface area contributed by atoms with Gasteiger partial charge in [0.2, 0.25) is 0 Å². The lowest BCUT2D eigenvalue weighted by atomic mass is 9.69. The molecule has 0 bridgehead atoms. The lowest BCUT2D eigenvalue weighted by Gasteiger charge is -2.31. The van der Waals surface area contributed by atoms with Gasteiger partial charge in [-0.2, -0.15) is 5.26 Å². The van der Waals surface area contributed by atoms with E-state index in [1.165, 1.54) is 88.7 Å². The minimum Gasteiger partial charge on any atom is -0.192 e. The van der Waals surface area contributed by atoms with E-state index in [9.17, 15) is 5.26 Å². The smallest absolute Gasteiger partial charge is 0.0998 e. The van der Waals surface area contributed by atoms with Gasteiger partial charge in [0.15, 0.2) is 0 Å². The predicted molar refractivity (Wildman–Crippen MR) is 218 cm³/mol. The van der Waals surface area contributed by atoms with E-state index >= 15 is 0 Å². The molecule has 9 aromatic rings. The molecular formula is C52H29N. The molecule has 1 spiro atoms. The third-order valence-electron chi connectivity index (χ3n) is 12.3. The van der Waals surface area contributed by atoms with Crippen LogP contribution in [0.15, 0.2) is 176 Å². The van der Waals surface area contributed by atoms with Crippen LogP contribution < -0.4 is 0 Å². The Bertz CT molecular complexity index is 3060. The van der Waals surface area contributed by atoms with Gasteiger partial charge >= 0.3 is 0 Å². The van der Waals surface area contributed by atoms with E-state index < -0.39 is 5.41 Å². The number of fused-ring (bicyclic) bond motifs is 14. The molecule has 0 fully saturated rings. The Morgan fingerprint density at radius 2 is 0.849 bits per heavy atom. The van der Waals surface area contributed by atoms with Crippen LogP contribution in [0.3, 0.4) is 0 Å². The SMILES string of the molecule is N#Cc1cccc2cccc(-c3ccc(-c4c5c(cc6c4-c4ccccc4C64c6ccccc6-c6ccccc64)-c4cccc6cccc-5c46)cc3)c12. The van der Waals surface area contributed by atoms with Gasteiger partial charge in [0.1, 0.15) is 0 Å². The number of nitriles is 1. The fourth-order valence-corrected chi connectivity index (χ4v) is 10.3. The Morgan fingerprint density at radius 1 is 0.340 bits per heavy atom. The van der Waals surface area contributed by atoms with Crippen LogP contribution in [-0.2, 0) is 5.41 Å². The minimum atomic E-state index is -0.442. The molecule has 53 heavy (non-hydrogen) atoms. The molecule has 0 atom stereocenters. The highest BCUT2D eigenvalue weighted by Gasteiger charge is 2.53. The Balaban J connectivity index is 1.21. The van der Waals surface area contributed by atoms with Crippen molar-refractivity contribution in [2.24, 2.45) is 0 Å². The predicted octanol–water partition coefficient (Wildman–Crippen LogP) is 13.2. The van der Waals surface area contributed by atoms with Gasteiger partial charge in [0.05, 0.1) is 17.0 Å². The zero-order valence-corrected chi connectivity index (χ0v) is 28.7. The van der Waals surface area contributed by atoms with Crippen molar-refractivity contribution in [3.8, 4) is 72.8 Å². The van der Waals surface area contributed by atoms with Crippen molar-refractivity contribution in [1.82, 2.24) is 0 Å². The van der Waals surface area contributed by atoms with Gasteiger partial charge in [-0.15, -0.1) is 0 Å². The van der Waals surface area contributed by atoms with Crippen molar-refractivity contribution in [2.45, 2.75) is 5.41 Å². The molecule has 0 heterocycles. The van der Waals surface area contributed by atoms with Crippen LogP contribution in [0.1, 0.15) is 27.8 Å². The summed E-state index contributed by atoms with van der Waals surface area (Å²) in [6, 6.07) is 67.2. The molecule has 242 valence electrons. The third kappa shape index (κ3) is 3.51. The summed E-state index contributed by atoms with van der Waals surface area (Å²) in [5.74, 6) is 0. The normalized spacial score (nSPS) is 13.4. The average Bonchev–Trinajstić information content (AvgIpc) is 3.82. The quantitative estimate of drug-likeness (QED) is 0.180. The maximum atomic E-state index is 10.1. The highest BCUT2D eigenvalue weighted by molar-refractivity contribution is 6.21. The minimum absolute atomic E-state index is 0.442. The van der Waals surface area contributed by atoms with E-state index in [-0.39, 0.29) is 0 Å². The summed E-state index contributed by atoms with van der Waals surface area (Å²) in [6.07, 6.45) is 0. The van der Waals surface area contributed by atoms with E-state index in [1.807, 2.05) is 12.1 Å². The summed E-state index contributed by atoms with van der Waals surface area (Å²) >= 11 is 0. The fourth-order valence-electron chi connectivity index (χ4n) is 10.3. The standard InChI is InChI=1S/C52H29N/c53-30-35-15-7-11-32-12-8-19-36(47(32)35)31-25-27-34(28-26-31)49-50-41-21-10-14-33-13-9-20-39(48(33)41)42(50)29-46-51(49)40-18-3-6-24-45(40)52(46)43-22-4-1-16-37(43)38-17-2-5-23-44(38)52/h1-29H. The second-order valence-corrected chi connectivity index (χ2v) is 14.6. The molecule has 0 N–H and O–H groups in total. The Morgan fingerprint density at radius 3 is 1.51 bits per heavy atom. The summed E-state index contributed by atoms with van der Waals surface area (Å²) in [6.45, 7) is 0. The monoisotopic (exact) mass is 667 g/mol. The van der Waals surface area contributed by atoms with Crippen molar-refractivity contribution in [3.63, 3.8) is 0 Å². The van der Waals surface area contributed by atoms with E-state index in [4.69, 9.17) is 0 Å². The Hall–Kier alpha value is -7.01. The van der Waals surface area contributed by atoms with Gasteiger partial charge < -0.3 is 0 Å². The van der Waals surface area contributed by atoms with E-state index in [2.05, 4.69) is 170 Å². The van der Waals surface area contributed by atoms with Crippen LogP contribution >= 0.6 is 0 Å². The number of rotatable bonds is 2. The second kappa shape index (κ2) is 10.3. The van der Waals surface area contributed by atoms with E-state index in [0.29, 0.717) is 5.56 Å². The molecule has 0 unspecified atom stereocenters. The fraction of sp³-hybridized carbons (Fsp3) is 0.0192. The first kappa shape index (κ1) is 28.7. The molecule has 0 saturated carbocycles. The van der Waals surface area contributed by atoms with Crippen molar-refractivity contribution in [3.05, 3.63) is 204 Å². The van der Waals surface area contributed by atoms with Crippen molar-refractivity contribution >= 4 is 21.5 Å². The van der Waals surface area contributed by atoms with E-state index in [1.54, 1.807) is 0 Å². The average molecular weight is 668 g/mol. The molecule has 1 nitrogen and oxygen atoms in total. The van der Waals surface area contributed by atoms with Gasteiger partial charge in [-0.25, -0.2) is 0 Å². The summed E-state index contributed by atoms with van der Waals surface area (Å²) in [7, 11) is 0. The first-order chi connectivity index (χ1) is 26.3. The van der Waals surface area contributed by atoms with Gasteiger partial charge in [-0.3, -0.25) is 0 Å². The maximum Gasteiger partial charge on any atom is 0.0998 e. The molecule has 3 aliphatic rings. The molecule has 9 aromatic carbocycles. The van der Waals surface area contributed by atoms with Crippen molar-refractivity contribution in [2.75, 3.05) is 0 Å². The Labute approximate surface area is 307 Å². The van der Waals surface area contributed by atoms with Crippen molar-refractivity contribution < 1.29 is 0 Å². The van der Waals surface area contributed by atoms with Gasteiger partial charge in [-0.1, -0.05) is 164 Å². The molecule has 0 aromatic heterocycles. The lowest BCUT2D eigenvalue weighted by Crippen LogP contribution is -2.26. The van der Waals surface area contributed by atoms with Crippen LogP contribution in [0.25, 0.3) is 88.3 Å². The van der Waals surface area contributed by atoms with Gasteiger partial charge in [0, 0.05) is 5.39 Å². The van der Waals surface area contributed by atoms with Gasteiger partial charge in [-0.05, 0) is 117 Å². The second-order valence-electron chi connectivity index (χ2n) is 14.6. The molecule has 0 aliphatic heterocycles. The van der Waals surface area contributed by atoms with Crippen LogP contribution in [0.5, 0.6) is 0 Å². The molecule has 1 heteroatoms. The number of hydrogen-bond donors (Lipinski definition) is 0. The largest absolute Gasteiger partial charge is 0.192 e. The summed E-state index contributed by atoms with van der Waals surface area (Å²) in [5, 5.41) is 14.7. The third-order valence-corrected chi connectivity index (χ3v) is 12.3. The highest BCUT2D eigenvalue weighted by atomic mass is 14.5. The molecule has 3 aliphatic carbocycles. The molecule has 0 radical (unpaired) electrons. The zero-order valence-electron chi connectivity index (χ0n) is 28.7. The highest BCUT2D eigenvalue weighted by Crippen LogP contribution is 2.67. The summed E-state index contributed by atoms with van der Waals surface area (Å²) in [5.41, 5.74) is 20.8. The van der Waals surface area contributed by atoms with Crippen molar-refractivity contribution in [1.29, 1.82) is 5.26 Å². The first-order valence-electron chi connectivity index (χ1n) is 18.3. The topological polar surface area (TPSA) is 23.8 Å². The lowest BCUT2D eigenvalue weighted by molar-refractivity contribution is 0.794. The molecule has 0 amide bonds. The number of hydrogen-bond acceptors (Lipinski definition) is 1. The molecule has 0 saturated heterocycles.